The minimum atomic E-state index is -1.68. The maximum atomic E-state index is 12.8. The van der Waals surface area contributed by atoms with Crippen LogP contribution in [-0.2, 0) is 9.59 Å². The lowest BCUT2D eigenvalue weighted by Gasteiger charge is -2.18. The summed E-state index contributed by atoms with van der Waals surface area (Å²) >= 11 is 0. The van der Waals surface area contributed by atoms with Crippen molar-refractivity contribution in [1.82, 2.24) is 0 Å². The number of anilines is 1. The van der Waals surface area contributed by atoms with E-state index in [1.807, 2.05) is 0 Å². The van der Waals surface area contributed by atoms with Crippen molar-refractivity contribution >= 4 is 17.6 Å². The van der Waals surface area contributed by atoms with E-state index >= 15 is 0 Å². The normalized spacial score (nSPS) is 11.1. The van der Waals surface area contributed by atoms with Crippen molar-refractivity contribution in [3.8, 4) is 0 Å². The molecule has 6 heteroatoms. The first-order chi connectivity index (χ1) is 7.73. The first kappa shape index (κ1) is 13.1. The molecule has 1 aromatic rings. The summed E-state index contributed by atoms with van der Waals surface area (Å²) in [5.74, 6) is -3.89. The van der Waals surface area contributed by atoms with Crippen LogP contribution in [0.1, 0.15) is 13.8 Å². The van der Waals surface area contributed by atoms with Crippen LogP contribution in [0.25, 0.3) is 0 Å². The van der Waals surface area contributed by atoms with Crippen molar-refractivity contribution in [2.24, 2.45) is 5.41 Å². The Bertz CT molecular complexity index is 452. The van der Waals surface area contributed by atoms with Crippen LogP contribution >= 0.6 is 0 Å². The number of carbonyl (C=O) groups is 2. The number of carboxylic acid groups (broad SMARTS) is 1. The average Bonchev–Trinajstić information content (AvgIpc) is 2.15. The van der Waals surface area contributed by atoms with Gasteiger partial charge in [-0.2, -0.15) is 0 Å². The number of rotatable bonds is 3. The van der Waals surface area contributed by atoms with E-state index in [1.54, 1.807) is 0 Å². The predicted molar refractivity (Wildman–Crippen MR) is 56.4 cm³/mol. The molecule has 0 spiro atoms. The van der Waals surface area contributed by atoms with Gasteiger partial charge in [-0.3, -0.25) is 9.59 Å². The largest absolute Gasteiger partial charge is 0.480 e. The van der Waals surface area contributed by atoms with Crippen LogP contribution in [0.4, 0.5) is 14.5 Å². The van der Waals surface area contributed by atoms with Gasteiger partial charge >= 0.3 is 5.97 Å². The van der Waals surface area contributed by atoms with Crippen LogP contribution < -0.4 is 5.32 Å². The summed E-state index contributed by atoms with van der Waals surface area (Å²) in [4.78, 5) is 22.3. The van der Waals surface area contributed by atoms with Gasteiger partial charge in [0.15, 0.2) is 0 Å². The fraction of sp³-hybridized carbons (Fsp3) is 0.273. The zero-order valence-corrected chi connectivity index (χ0v) is 9.25. The highest BCUT2D eigenvalue weighted by Gasteiger charge is 2.36. The van der Waals surface area contributed by atoms with Crippen LogP contribution in [0.2, 0.25) is 0 Å². The first-order valence-electron chi connectivity index (χ1n) is 4.74. The van der Waals surface area contributed by atoms with Crippen molar-refractivity contribution in [1.29, 1.82) is 0 Å². The van der Waals surface area contributed by atoms with Crippen LogP contribution in [0.15, 0.2) is 18.2 Å². The third kappa shape index (κ3) is 2.99. The molecule has 0 atom stereocenters. The first-order valence-corrected chi connectivity index (χ1v) is 4.74. The van der Waals surface area contributed by atoms with Crippen LogP contribution in [-0.4, -0.2) is 17.0 Å². The Morgan fingerprint density at radius 1 is 1.18 bits per heavy atom. The number of hydrogen-bond donors (Lipinski definition) is 2. The van der Waals surface area contributed by atoms with Crippen molar-refractivity contribution in [2.45, 2.75) is 13.8 Å². The monoisotopic (exact) mass is 243 g/mol. The number of carboxylic acids is 1. The number of nitrogens with one attached hydrogen (secondary N) is 1. The van der Waals surface area contributed by atoms with Gasteiger partial charge in [-0.25, -0.2) is 8.78 Å². The summed E-state index contributed by atoms with van der Waals surface area (Å²) in [7, 11) is 0. The average molecular weight is 243 g/mol. The van der Waals surface area contributed by atoms with Gasteiger partial charge in [-0.1, -0.05) is 0 Å². The third-order valence-corrected chi connectivity index (χ3v) is 2.22. The predicted octanol–water partition coefficient (Wildman–Crippen LogP) is 2.01. The molecule has 92 valence electrons. The Labute approximate surface area is 96.3 Å². The number of amides is 1. The van der Waals surface area contributed by atoms with Gasteiger partial charge in [0.25, 0.3) is 0 Å². The zero-order chi connectivity index (χ0) is 13.2. The van der Waals surface area contributed by atoms with Gasteiger partial charge in [0, 0.05) is 11.8 Å². The molecule has 0 heterocycles. The summed E-state index contributed by atoms with van der Waals surface area (Å²) in [6.07, 6.45) is 0. The third-order valence-electron chi connectivity index (χ3n) is 2.22. The van der Waals surface area contributed by atoms with Gasteiger partial charge in [0.2, 0.25) is 5.91 Å². The Morgan fingerprint density at radius 3 is 2.06 bits per heavy atom. The minimum absolute atomic E-state index is 0.123. The molecule has 0 radical (unpaired) electrons. The molecule has 1 aromatic carbocycles. The molecule has 0 aliphatic rings. The Hall–Kier alpha value is -1.98. The number of carbonyl (C=O) groups excluding carboxylic acids is 1. The lowest BCUT2D eigenvalue weighted by molar-refractivity contribution is -0.151. The fourth-order valence-corrected chi connectivity index (χ4v) is 1.01. The standard InChI is InChI=1S/C11H11F2NO3/c1-11(2,10(16)17)9(15)14-8-4-6(12)3-7(13)5-8/h3-5H,1-2H3,(H,14,15)(H,16,17). The summed E-state index contributed by atoms with van der Waals surface area (Å²) in [6.45, 7) is 2.39. The molecular weight excluding hydrogens is 232 g/mol. The molecule has 4 nitrogen and oxygen atoms in total. The smallest absolute Gasteiger partial charge is 0.318 e. The molecule has 17 heavy (non-hydrogen) atoms. The summed E-state index contributed by atoms with van der Waals surface area (Å²) in [5.41, 5.74) is -1.80. The molecular formula is C11H11F2NO3. The van der Waals surface area contributed by atoms with E-state index in [-0.39, 0.29) is 5.69 Å². The second-order valence-electron chi connectivity index (χ2n) is 4.04. The molecule has 0 aromatic heterocycles. The molecule has 0 aliphatic carbocycles. The number of benzene rings is 1. The van der Waals surface area contributed by atoms with Gasteiger partial charge in [0.1, 0.15) is 17.0 Å². The molecule has 1 rings (SSSR count). The zero-order valence-electron chi connectivity index (χ0n) is 9.25. The second-order valence-corrected chi connectivity index (χ2v) is 4.04. The summed E-state index contributed by atoms with van der Waals surface area (Å²) in [5, 5.41) is 10.9. The summed E-state index contributed by atoms with van der Waals surface area (Å²) < 4.78 is 25.7. The van der Waals surface area contributed by atoms with E-state index < -0.39 is 28.9 Å². The highest BCUT2D eigenvalue weighted by molar-refractivity contribution is 6.07. The number of halogens is 2. The quantitative estimate of drug-likeness (QED) is 0.798. The summed E-state index contributed by atoms with van der Waals surface area (Å²) in [6, 6.07) is 2.45. The lowest BCUT2D eigenvalue weighted by atomic mass is 9.92. The molecule has 0 unspecified atom stereocenters. The molecule has 0 saturated heterocycles. The topological polar surface area (TPSA) is 66.4 Å². The fourth-order valence-electron chi connectivity index (χ4n) is 1.01. The molecule has 0 saturated carbocycles. The SMILES string of the molecule is CC(C)(C(=O)O)C(=O)Nc1cc(F)cc(F)c1. The maximum Gasteiger partial charge on any atom is 0.318 e. The van der Waals surface area contributed by atoms with E-state index in [4.69, 9.17) is 5.11 Å². The van der Waals surface area contributed by atoms with E-state index in [1.165, 1.54) is 13.8 Å². The van der Waals surface area contributed by atoms with Gasteiger partial charge in [-0.05, 0) is 26.0 Å². The van der Waals surface area contributed by atoms with E-state index in [9.17, 15) is 18.4 Å². The van der Waals surface area contributed by atoms with Gasteiger partial charge in [0.05, 0.1) is 0 Å². The number of aliphatic carboxylic acids is 1. The van der Waals surface area contributed by atoms with Crippen LogP contribution in [0.5, 0.6) is 0 Å². The van der Waals surface area contributed by atoms with Crippen LogP contribution in [0.3, 0.4) is 0 Å². The van der Waals surface area contributed by atoms with Crippen molar-refractivity contribution in [2.75, 3.05) is 5.32 Å². The Kier molecular flexibility index (Phi) is 3.45. The molecule has 1 amide bonds. The Balaban J connectivity index is 2.92. The maximum absolute atomic E-state index is 12.8. The second kappa shape index (κ2) is 4.48. The number of hydrogen-bond acceptors (Lipinski definition) is 2. The van der Waals surface area contributed by atoms with Gasteiger partial charge in [-0.15, -0.1) is 0 Å². The van der Waals surface area contributed by atoms with Crippen molar-refractivity contribution in [3.63, 3.8) is 0 Å². The molecule has 0 fully saturated rings. The molecule has 0 aliphatic heterocycles. The molecule has 2 N–H and O–H groups in total. The van der Waals surface area contributed by atoms with Crippen LogP contribution in [0, 0.1) is 17.0 Å². The van der Waals surface area contributed by atoms with Gasteiger partial charge < -0.3 is 10.4 Å². The van der Waals surface area contributed by atoms with E-state index in [0.29, 0.717) is 6.07 Å². The molecule has 0 bridgehead atoms. The highest BCUT2D eigenvalue weighted by atomic mass is 19.1. The van der Waals surface area contributed by atoms with E-state index in [0.717, 1.165) is 12.1 Å². The van der Waals surface area contributed by atoms with Crippen molar-refractivity contribution in [3.05, 3.63) is 29.8 Å². The Morgan fingerprint density at radius 2 is 1.65 bits per heavy atom. The van der Waals surface area contributed by atoms with E-state index in [2.05, 4.69) is 5.32 Å². The highest BCUT2D eigenvalue weighted by Crippen LogP contribution is 2.20. The van der Waals surface area contributed by atoms with Crippen molar-refractivity contribution < 1.29 is 23.5 Å². The minimum Gasteiger partial charge on any atom is -0.480 e. The lowest BCUT2D eigenvalue weighted by Crippen LogP contribution is -2.37.